The quantitative estimate of drug-likeness (QED) is 0.694. The van der Waals surface area contributed by atoms with E-state index in [0.29, 0.717) is 22.6 Å². The number of nitrogens with two attached hydrogens (primary N) is 1. The molecule has 2 amide bonds. The SMILES string of the molecule is NC(=O)[C@H](c1ccccc1)N(C(=O)c1cccnc1)[C@@H]1CCc2ccc(Cl)cc21. The van der Waals surface area contributed by atoms with Crippen LogP contribution in [0.4, 0.5) is 0 Å². The van der Waals surface area contributed by atoms with Crippen LogP contribution in [-0.2, 0) is 11.2 Å². The molecule has 1 aliphatic carbocycles. The van der Waals surface area contributed by atoms with E-state index < -0.39 is 11.9 Å². The van der Waals surface area contributed by atoms with Gasteiger partial charge in [-0.25, -0.2) is 0 Å². The van der Waals surface area contributed by atoms with Gasteiger partial charge in [0.2, 0.25) is 5.91 Å². The molecule has 2 atom stereocenters. The van der Waals surface area contributed by atoms with Crippen molar-refractivity contribution < 1.29 is 9.59 Å². The Hall–Kier alpha value is -3.18. The highest BCUT2D eigenvalue weighted by atomic mass is 35.5. The molecule has 0 fully saturated rings. The zero-order valence-corrected chi connectivity index (χ0v) is 16.4. The van der Waals surface area contributed by atoms with E-state index in [1.165, 1.54) is 6.20 Å². The van der Waals surface area contributed by atoms with Gasteiger partial charge in [0, 0.05) is 17.4 Å². The van der Waals surface area contributed by atoms with Gasteiger partial charge in [-0.2, -0.15) is 0 Å². The number of benzene rings is 2. The van der Waals surface area contributed by atoms with Crippen molar-refractivity contribution in [2.24, 2.45) is 5.73 Å². The van der Waals surface area contributed by atoms with Gasteiger partial charge < -0.3 is 10.6 Å². The van der Waals surface area contributed by atoms with Gasteiger partial charge in [0.15, 0.2) is 0 Å². The van der Waals surface area contributed by atoms with E-state index in [1.807, 2.05) is 48.5 Å². The molecule has 0 unspecified atom stereocenters. The Labute approximate surface area is 174 Å². The van der Waals surface area contributed by atoms with Crippen LogP contribution in [-0.4, -0.2) is 21.7 Å². The first-order valence-electron chi connectivity index (χ1n) is 9.41. The summed E-state index contributed by atoms with van der Waals surface area (Å²) < 4.78 is 0. The first-order chi connectivity index (χ1) is 14.1. The molecular weight excluding hydrogens is 386 g/mol. The molecule has 6 heteroatoms. The van der Waals surface area contributed by atoms with Crippen molar-refractivity contribution in [3.63, 3.8) is 0 Å². The molecule has 0 saturated heterocycles. The highest BCUT2D eigenvalue weighted by molar-refractivity contribution is 6.30. The van der Waals surface area contributed by atoms with E-state index >= 15 is 0 Å². The van der Waals surface area contributed by atoms with Crippen molar-refractivity contribution in [3.05, 3.63) is 100 Å². The van der Waals surface area contributed by atoms with Gasteiger partial charge >= 0.3 is 0 Å². The zero-order chi connectivity index (χ0) is 20.4. The van der Waals surface area contributed by atoms with Crippen molar-refractivity contribution in [1.29, 1.82) is 0 Å². The van der Waals surface area contributed by atoms with Crippen LogP contribution >= 0.6 is 11.6 Å². The van der Waals surface area contributed by atoms with Gasteiger partial charge in [0.1, 0.15) is 6.04 Å². The third-order valence-electron chi connectivity index (χ3n) is 5.30. The monoisotopic (exact) mass is 405 g/mol. The third kappa shape index (κ3) is 3.74. The second-order valence-electron chi connectivity index (χ2n) is 7.07. The van der Waals surface area contributed by atoms with E-state index in [-0.39, 0.29) is 11.9 Å². The van der Waals surface area contributed by atoms with E-state index in [4.69, 9.17) is 17.3 Å². The van der Waals surface area contributed by atoms with Gasteiger partial charge in [-0.05, 0) is 53.8 Å². The van der Waals surface area contributed by atoms with Crippen molar-refractivity contribution in [2.75, 3.05) is 0 Å². The number of amides is 2. The molecule has 1 aromatic heterocycles. The average molecular weight is 406 g/mol. The third-order valence-corrected chi connectivity index (χ3v) is 5.53. The highest BCUT2D eigenvalue weighted by Crippen LogP contribution is 2.42. The Bertz CT molecular complexity index is 1040. The van der Waals surface area contributed by atoms with Crippen molar-refractivity contribution >= 4 is 23.4 Å². The molecule has 29 heavy (non-hydrogen) atoms. The van der Waals surface area contributed by atoms with Crippen molar-refractivity contribution in [1.82, 2.24) is 9.88 Å². The number of rotatable bonds is 5. The molecule has 0 saturated carbocycles. The van der Waals surface area contributed by atoms with Crippen LogP contribution in [0.3, 0.4) is 0 Å². The number of fused-ring (bicyclic) bond motifs is 1. The fourth-order valence-electron chi connectivity index (χ4n) is 4.01. The summed E-state index contributed by atoms with van der Waals surface area (Å²) in [5.74, 6) is -0.868. The molecule has 1 aliphatic rings. The summed E-state index contributed by atoms with van der Waals surface area (Å²) in [6, 6.07) is 17.0. The average Bonchev–Trinajstić information content (AvgIpc) is 3.15. The second-order valence-corrected chi connectivity index (χ2v) is 7.50. The van der Waals surface area contributed by atoms with Gasteiger partial charge in [-0.15, -0.1) is 0 Å². The summed E-state index contributed by atoms with van der Waals surface area (Å²) in [6.07, 6.45) is 4.60. The van der Waals surface area contributed by atoms with Gasteiger partial charge in [-0.1, -0.05) is 48.0 Å². The van der Waals surface area contributed by atoms with E-state index in [2.05, 4.69) is 4.98 Å². The van der Waals surface area contributed by atoms with Crippen LogP contribution in [0.15, 0.2) is 73.1 Å². The minimum atomic E-state index is -0.904. The molecule has 3 aromatic rings. The topological polar surface area (TPSA) is 76.3 Å². The number of primary amides is 1. The number of nitrogens with zero attached hydrogens (tertiary/aromatic N) is 2. The van der Waals surface area contributed by atoms with Gasteiger partial charge in [0.25, 0.3) is 5.91 Å². The summed E-state index contributed by atoms with van der Waals surface area (Å²) >= 11 is 6.24. The Balaban J connectivity index is 1.86. The van der Waals surface area contributed by atoms with Gasteiger partial charge in [-0.3, -0.25) is 14.6 Å². The Morgan fingerprint density at radius 2 is 1.90 bits per heavy atom. The Kier molecular flexibility index (Phi) is 5.32. The Morgan fingerprint density at radius 3 is 2.59 bits per heavy atom. The molecular formula is C23H20ClN3O2. The predicted octanol–water partition coefficient (Wildman–Crippen LogP) is 4.09. The summed E-state index contributed by atoms with van der Waals surface area (Å²) in [6.45, 7) is 0. The van der Waals surface area contributed by atoms with E-state index in [0.717, 1.165) is 17.5 Å². The fourth-order valence-corrected chi connectivity index (χ4v) is 4.20. The molecule has 146 valence electrons. The maximum absolute atomic E-state index is 13.6. The molecule has 0 radical (unpaired) electrons. The standard InChI is InChI=1S/C23H20ClN3O2/c24-18-10-8-15-9-11-20(19(15)13-18)27(23(29)17-7-4-12-26-14-17)21(22(25)28)16-5-2-1-3-6-16/h1-8,10,12-14,20-21H,9,11H2,(H2,25,28)/t20-,21+/m1/s1. The largest absolute Gasteiger partial charge is 0.368 e. The fraction of sp³-hybridized carbons (Fsp3) is 0.174. The minimum absolute atomic E-state index is 0.288. The first-order valence-corrected chi connectivity index (χ1v) is 9.79. The van der Waals surface area contributed by atoms with Crippen LogP contribution < -0.4 is 5.73 Å². The number of pyridine rings is 1. The lowest BCUT2D eigenvalue weighted by atomic mass is 9.98. The molecule has 0 aliphatic heterocycles. The number of carbonyl (C=O) groups is 2. The summed E-state index contributed by atoms with van der Waals surface area (Å²) in [4.78, 5) is 31.8. The lowest BCUT2D eigenvalue weighted by Crippen LogP contribution is -2.43. The van der Waals surface area contributed by atoms with Crippen LogP contribution in [0, 0.1) is 0 Å². The maximum Gasteiger partial charge on any atom is 0.256 e. The molecule has 2 aromatic carbocycles. The normalized spacial score (nSPS) is 16.1. The van der Waals surface area contributed by atoms with Crippen LogP contribution in [0.5, 0.6) is 0 Å². The van der Waals surface area contributed by atoms with Crippen LogP contribution in [0.1, 0.15) is 45.6 Å². The zero-order valence-electron chi connectivity index (χ0n) is 15.7. The molecule has 1 heterocycles. The molecule has 5 nitrogen and oxygen atoms in total. The smallest absolute Gasteiger partial charge is 0.256 e. The number of aryl methyl sites for hydroxylation is 1. The highest BCUT2D eigenvalue weighted by Gasteiger charge is 2.39. The van der Waals surface area contributed by atoms with Gasteiger partial charge in [0.05, 0.1) is 11.6 Å². The van der Waals surface area contributed by atoms with Crippen LogP contribution in [0.2, 0.25) is 5.02 Å². The number of carbonyl (C=O) groups excluding carboxylic acids is 2. The molecule has 4 rings (SSSR count). The lowest BCUT2D eigenvalue weighted by molar-refractivity contribution is -0.123. The molecule has 0 spiro atoms. The van der Waals surface area contributed by atoms with E-state index in [9.17, 15) is 9.59 Å². The molecule has 2 N–H and O–H groups in total. The summed E-state index contributed by atoms with van der Waals surface area (Å²) in [5, 5.41) is 0.597. The number of hydrogen-bond donors (Lipinski definition) is 1. The summed E-state index contributed by atoms with van der Waals surface area (Å²) in [7, 11) is 0. The van der Waals surface area contributed by atoms with Crippen LogP contribution in [0.25, 0.3) is 0 Å². The maximum atomic E-state index is 13.6. The first kappa shape index (κ1) is 19.2. The number of hydrogen-bond acceptors (Lipinski definition) is 3. The lowest BCUT2D eigenvalue weighted by Gasteiger charge is -2.35. The van der Waals surface area contributed by atoms with E-state index in [1.54, 1.807) is 23.2 Å². The predicted molar refractivity (Wildman–Crippen MR) is 111 cm³/mol. The Morgan fingerprint density at radius 1 is 1.10 bits per heavy atom. The van der Waals surface area contributed by atoms with Crippen molar-refractivity contribution in [3.8, 4) is 0 Å². The molecule has 0 bridgehead atoms. The second kappa shape index (κ2) is 8.05. The van der Waals surface area contributed by atoms with Crippen molar-refractivity contribution in [2.45, 2.75) is 24.9 Å². The minimum Gasteiger partial charge on any atom is -0.368 e. The number of halogens is 1. The number of aromatic nitrogens is 1. The summed E-state index contributed by atoms with van der Waals surface area (Å²) in [5.41, 5.74) is 8.99.